The lowest BCUT2D eigenvalue weighted by atomic mass is 9.79. The monoisotopic (exact) mass is 657 g/mol. The largest absolute Gasteiger partial charge is 0.497 e. The highest BCUT2D eigenvalue weighted by Crippen LogP contribution is 2.46. The Morgan fingerprint density at radius 3 is 2.02 bits per heavy atom. The summed E-state index contributed by atoms with van der Waals surface area (Å²) in [6, 6.07) is 34.4. The number of carbonyl (C=O) groups is 1. The minimum absolute atomic E-state index is 0.280. The molecule has 2 aromatic heterocycles. The number of hydrogen-bond acceptors (Lipinski definition) is 9. The number of amides is 1. The number of hydrogen-bond donors (Lipinski definition) is 2. The maximum Gasteiger partial charge on any atom is 0.256 e. The number of aromatic nitrogens is 4. The fraction of sp³-hybridized carbons (Fsp3) is 0.211. The predicted octanol–water partition coefficient (Wildman–Crippen LogP) is 5.75. The van der Waals surface area contributed by atoms with Gasteiger partial charge in [-0.05, 0) is 53.1 Å². The highest BCUT2D eigenvalue weighted by molar-refractivity contribution is 6.06. The van der Waals surface area contributed by atoms with Crippen LogP contribution in [0.1, 0.15) is 39.7 Å². The summed E-state index contributed by atoms with van der Waals surface area (Å²) >= 11 is 0. The van der Waals surface area contributed by atoms with Gasteiger partial charge in [0.2, 0.25) is 0 Å². The first kappa shape index (κ1) is 32.0. The number of ether oxygens (including phenoxy) is 4. The van der Waals surface area contributed by atoms with E-state index in [4.69, 9.17) is 18.9 Å². The van der Waals surface area contributed by atoms with Crippen molar-refractivity contribution < 1.29 is 28.8 Å². The van der Waals surface area contributed by atoms with Gasteiger partial charge in [-0.2, -0.15) is 0 Å². The van der Waals surface area contributed by atoms with Gasteiger partial charge in [-0.1, -0.05) is 72.8 Å². The number of carbonyl (C=O) groups excluding carboxylic acids is 1. The lowest BCUT2D eigenvalue weighted by molar-refractivity contribution is -0.0988. The zero-order valence-electron chi connectivity index (χ0n) is 27.0. The van der Waals surface area contributed by atoms with Crippen LogP contribution in [0.15, 0.2) is 122 Å². The maximum atomic E-state index is 12.9. The van der Waals surface area contributed by atoms with E-state index >= 15 is 0 Å². The van der Waals surface area contributed by atoms with Crippen molar-refractivity contribution in [2.75, 3.05) is 26.1 Å². The van der Waals surface area contributed by atoms with E-state index in [9.17, 15) is 9.90 Å². The third-order valence-electron chi connectivity index (χ3n) is 8.80. The van der Waals surface area contributed by atoms with Crippen molar-refractivity contribution in [1.29, 1.82) is 0 Å². The second kappa shape index (κ2) is 13.9. The molecule has 1 fully saturated rings. The average Bonchev–Trinajstić information content (AvgIpc) is 3.79. The fourth-order valence-corrected chi connectivity index (χ4v) is 6.34. The van der Waals surface area contributed by atoms with Crippen LogP contribution in [0.4, 0.5) is 5.82 Å². The van der Waals surface area contributed by atoms with Crippen molar-refractivity contribution in [2.24, 2.45) is 0 Å². The van der Waals surface area contributed by atoms with Crippen molar-refractivity contribution in [1.82, 2.24) is 19.5 Å². The van der Waals surface area contributed by atoms with Gasteiger partial charge in [0, 0.05) is 12.0 Å². The second-order valence-electron chi connectivity index (χ2n) is 11.6. The maximum absolute atomic E-state index is 12.9. The summed E-state index contributed by atoms with van der Waals surface area (Å²) in [5, 5.41) is 13.5. The summed E-state index contributed by atoms with van der Waals surface area (Å²) in [4.78, 5) is 26.2. The summed E-state index contributed by atoms with van der Waals surface area (Å²) in [6.07, 6.45) is 1.52. The molecule has 248 valence electrons. The zero-order chi connectivity index (χ0) is 33.8. The smallest absolute Gasteiger partial charge is 0.256 e. The molecule has 0 radical (unpaired) electrons. The predicted molar refractivity (Wildman–Crippen MR) is 183 cm³/mol. The summed E-state index contributed by atoms with van der Waals surface area (Å²) in [5.41, 5.74) is 2.90. The molecule has 3 atom stereocenters. The van der Waals surface area contributed by atoms with Gasteiger partial charge in [0.1, 0.15) is 35.8 Å². The van der Waals surface area contributed by atoms with E-state index in [2.05, 4.69) is 20.3 Å². The molecule has 1 amide bonds. The minimum atomic E-state index is -1.11. The number of imidazole rings is 1. The Kier molecular flexibility index (Phi) is 9.03. The summed E-state index contributed by atoms with van der Waals surface area (Å²) in [7, 11) is 3.26. The molecule has 1 aliphatic heterocycles. The van der Waals surface area contributed by atoms with Gasteiger partial charge in [-0.3, -0.25) is 9.36 Å². The van der Waals surface area contributed by atoms with Crippen LogP contribution in [0.2, 0.25) is 0 Å². The molecule has 2 N–H and O–H groups in total. The van der Waals surface area contributed by atoms with Gasteiger partial charge >= 0.3 is 0 Å². The van der Waals surface area contributed by atoms with Crippen LogP contribution in [0.3, 0.4) is 0 Å². The van der Waals surface area contributed by atoms with Crippen LogP contribution in [-0.2, 0) is 15.1 Å². The van der Waals surface area contributed by atoms with E-state index in [0.29, 0.717) is 34.6 Å². The number of aliphatic hydroxyl groups excluding tert-OH is 1. The topological polar surface area (TPSA) is 130 Å². The van der Waals surface area contributed by atoms with Gasteiger partial charge in [-0.15, -0.1) is 0 Å². The van der Waals surface area contributed by atoms with Crippen LogP contribution < -0.4 is 14.8 Å². The highest BCUT2D eigenvalue weighted by atomic mass is 16.6. The van der Waals surface area contributed by atoms with Gasteiger partial charge in [0.05, 0.1) is 33.3 Å². The molecule has 0 spiro atoms. The molecule has 11 nitrogen and oxygen atoms in total. The molecule has 3 heterocycles. The molecule has 1 aliphatic rings. The van der Waals surface area contributed by atoms with E-state index in [1.807, 2.05) is 84.9 Å². The van der Waals surface area contributed by atoms with Crippen molar-refractivity contribution in [3.63, 3.8) is 0 Å². The van der Waals surface area contributed by atoms with Crippen LogP contribution in [-0.4, -0.2) is 63.6 Å². The van der Waals surface area contributed by atoms with Crippen molar-refractivity contribution in [3.05, 3.63) is 144 Å². The Balaban J connectivity index is 1.26. The minimum Gasteiger partial charge on any atom is -0.497 e. The molecule has 0 bridgehead atoms. The molecule has 4 aromatic carbocycles. The van der Waals surface area contributed by atoms with Crippen molar-refractivity contribution in [3.8, 4) is 11.5 Å². The SMILES string of the molecule is COc1ccc(C(O[C@@H]2C[C@@H](n3cnc4c(NC(=O)c5ccccc5)ncnc43)O[C@H]2CO)(c2ccccc2)c2ccc(OC)cc2)cc1. The molecule has 49 heavy (non-hydrogen) atoms. The zero-order valence-corrected chi connectivity index (χ0v) is 27.0. The van der Waals surface area contributed by atoms with Gasteiger partial charge in [-0.25, -0.2) is 15.0 Å². The van der Waals surface area contributed by atoms with Crippen molar-refractivity contribution in [2.45, 2.75) is 30.5 Å². The number of fused-ring (bicyclic) bond motifs is 1. The first-order valence-electron chi connectivity index (χ1n) is 15.9. The summed E-state index contributed by atoms with van der Waals surface area (Å²) < 4.78 is 26.5. The average molecular weight is 658 g/mol. The first-order chi connectivity index (χ1) is 24.0. The van der Waals surface area contributed by atoms with E-state index in [1.165, 1.54) is 6.33 Å². The Labute approximate surface area is 283 Å². The third-order valence-corrected chi connectivity index (χ3v) is 8.80. The van der Waals surface area contributed by atoms with Crippen molar-refractivity contribution >= 4 is 22.9 Å². The molecule has 0 unspecified atom stereocenters. The van der Waals surface area contributed by atoms with Crippen LogP contribution in [0, 0.1) is 0 Å². The lowest BCUT2D eigenvalue weighted by Crippen LogP contribution is -2.40. The number of nitrogens with zero attached hydrogens (tertiary/aromatic N) is 4. The lowest BCUT2D eigenvalue weighted by Gasteiger charge is -2.39. The quantitative estimate of drug-likeness (QED) is 0.167. The molecular weight excluding hydrogens is 622 g/mol. The molecule has 6 aromatic rings. The molecular formula is C38H35N5O6. The van der Waals surface area contributed by atoms with Gasteiger partial charge < -0.3 is 29.4 Å². The molecule has 0 saturated carbocycles. The number of nitrogens with one attached hydrogen (secondary N) is 1. The second-order valence-corrected chi connectivity index (χ2v) is 11.6. The normalized spacial score (nSPS) is 17.6. The van der Waals surface area contributed by atoms with Gasteiger partial charge in [0.25, 0.3) is 5.91 Å². The number of anilines is 1. The number of rotatable bonds is 11. The number of benzene rings is 4. The number of aliphatic hydroxyl groups is 1. The highest BCUT2D eigenvalue weighted by Gasteiger charge is 2.46. The molecule has 7 rings (SSSR count). The summed E-state index contributed by atoms with van der Waals surface area (Å²) in [5.74, 6) is 1.40. The van der Waals surface area contributed by atoms with E-state index in [0.717, 1.165) is 16.7 Å². The Bertz CT molecular complexity index is 1970. The molecule has 1 saturated heterocycles. The Morgan fingerprint density at radius 1 is 0.837 bits per heavy atom. The summed E-state index contributed by atoms with van der Waals surface area (Å²) in [6.45, 7) is -0.280. The third kappa shape index (κ3) is 6.11. The van der Waals surface area contributed by atoms with E-state index in [-0.39, 0.29) is 18.3 Å². The van der Waals surface area contributed by atoms with Crippen LogP contribution in [0.5, 0.6) is 11.5 Å². The Hall–Kier alpha value is -5.62. The number of methoxy groups -OCH3 is 2. The fourth-order valence-electron chi connectivity index (χ4n) is 6.34. The van der Waals surface area contributed by atoms with Crippen LogP contribution >= 0.6 is 0 Å². The van der Waals surface area contributed by atoms with E-state index in [1.54, 1.807) is 49.4 Å². The first-order valence-corrected chi connectivity index (χ1v) is 15.9. The Morgan fingerprint density at radius 2 is 1.43 bits per heavy atom. The standard InChI is InChI=1S/C38H35N5O6/c1-46-29-17-13-27(14-18-29)38(26-11-7-4-8-12-26,28-15-19-30(47-2)20-16-28)49-31-21-33(48-32(31)22-44)43-24-41-34-35(39-23-40-36(34)43)42-37(45)25-9-5-3-6-10-25/h3-20,23-24,31-33,44H,21-22H2,1-2H3,(H,39,40,42,45)/t31-,32+,33+/m1/s1. The molecule has 0 aliphatic carbocycles. The molecule has 11 heteroatoms. The van der Waals surface area contributed by atoms with Crippen LogP contribution in [0.25, 0.3) is 11.2 Å². The van der Waals surface area contributed by atoms with E-state index < -0.39 is 24.0 Å². The van der Waals surface area contributed by atoms with Gasteiger partial charge in [0.15, 0.2) is 17.0 Å².